The third-order valence-electron chi connectivity index (χ3n) is 2.98. The summed E-state index contributed by atoms with van der Waals surface area (Å²) < 4.78 is -0.848. The van der Waals surface area contributed by atoms with E-state index in [0.29, 0.717) is 12.2 Å². The molecule has 2 rings (SSSR count). The van der Waals surface area contributed by atoms with Crippen molar-refractivity contribution in [2.45, 2.75) is 17.6 Å². The second-order valence-electron chi connectivity index (χ2n) is 3.86. The van der Waals surface area contributed by atoms with Gasteiger partial charge in [0.2, 0.25) is 0 Å². The van der Waals surface area contributed by atoms with Crippen LogP contribution in [0.1, 0.15) is 17.5 Å². The average molecular weight is 238 g/mol. The number of rotatable bonds is 4. The topological polar surface area (TPSA) is 57.5 Å². The lowest BCUT2D eigenvalue weighted by molar-refractivity contribution is -0.140. The van der Waals surface area contributed by atoms with Crippen LogP contribution in [0.4, 0.5) is 0 Å². The van der Waals surface area contributed by atoms with Crippen LogP contribution in [0.2, 0.25) is 0 Å². The van der Waals surface area contributed by atoms with Crippen molar-refractivity contribution >= 4 is 17.7 Å². The Morgan fingerprint density at radius 3 is 2.88 bits per heavy atom. The van der Waals surface area contributed by atoms with Crippen LogP contribution in [-0.2, 0) is 16.0 Å². The smallest absolute Gasteiger partial charge is 0.324 e. The van der Waals surface area contributed by atoms with Crippen molar-refractivity contribution in [3.8, 4) is 0 Å². The number of carboxylic acids is 1. The van der Waals surface area contributed by atoms with Crippen LogP contribution in [0.3, 0.4) is 0 Å². The molecule has 1 atom stereocenters. The van der Waals surface area contributed by atoms with Crippen LogP contribution < -0.4 is 0 Å². The lowest BCUT2D eigenvalue weighted by Crippen LogP contribution is -2.30. The van der Waals surface area contributed by atoms with Crippen LogP contribution in [0.5, 0.6) is 0 Å². The summed E-state index contributed by atoms with van der Waals surface area (Å²) in [5.41, 5.74) is 2.02. The lowest BCUT2D eigenvalue weighted by Gasteiger charge is -2.24. The third-order valence-corrected chi connectivity index (χ3v) is 4.46. The van der Waals surface area contributed by atoms with E-state index < -0.39 is 10.7 Å². The molecule has 0 heterocycles. The van der Waals surface area contributed by atoms with E-state index >= 15 is 0 Å². The normalized spacial score (nSPS) is 23.1. The summed E-state index contributed by atoms with van der Waals surface area (Å²) in [5.74, 6) is -0.337. The van der Waals surface area contributed by atoms with Crippen LogP contribution >= 0.6 is 11.8 Å². The van der Waals surface area contributed by atoms with Gasteiger partial charge in [0.15, 0.2) is 0 Å². The molecule has 2 N–H and O–H groups in total. The zero-order valence-electron chi connectivity index (χ0n) is 8.85. The van der Waals surface area contributed by atoms with Crippen molar-refractivity contribution in [2.75, 3.05) is 12.4 Å². The van der Waals surface area contributed by atoms with Gasteiger partial charge in [-0.15, -0.1) is 11.8 Å². The minimum absolute atomic E-state index is 0.0157. The number of carbonyl (C=O) groups is 1. The molecule has 1 aliphatic rings. The Kier molecular flexibility index (Phi) is 3.21. The van der Waals surface area contributed by atoms with Gasteiger partial charge in [-0.2, -0.15) is 0 Å². The summed E-state index contributed by atoms with van der Waals surface area (Å²) in [6, 6.07) is 7.69. The number of aliphatic hydroxyl groups excluding tert-OH is 1. The van der Waals surface area contributed by atoms with Gasteiger partial charge in [-0.05, 0) is 24.0 Å². The zero-order valence-corrected chi connectivity index (χ0v) is 9.67. The van der Waals surface area contributed by atoms with Gasteiger partial charge in [-0.3, -0.25) is 4.79 Å². The first-order valence-corrected chi connectivity index (χ1v) is 6.26. The highest BCUT2D eigenvalue weighted by molar-refractivity contribution is 8.01. The second kappa shape index (κ2) is 4.47. The van der Waals surface area contributed by atoms with Gasteiger partial charge in [0.1, 0.15) is 4.75 Å². The fraction of sp³-hybridized carbons (Fsp3) is 0.417. The largest absolute Gasteiger partial charge is 0.480 e. The monoisotopic (exact) mass is 238 g/mol. The van der Waals surface area contributed by atoms with Crippen molar-refractivity contribution in [3.05, 3.63) is 35.4 Å². The van der Waals surface area contributed by atoms with Gasteiger partial charge in [-0.1, -0.05) is 24.3 Å². The van der Waals surface area contributed by atoms with Crippen molar-refractivity contribution in [1.82, 2.24) is 0 Å². The first kappa shape index (κ1) is 11.5. The molecule has 0 bridgehead atoms. The molecule has 1 aromatic carbocycles. The number of aliphatic carboxylic acids is 1. The molecular weight excluding hydrogens is 224 g/mol. The number of hydrogen-bond acceptors (Lipinski definition) is 3. The molecule has 0 fully saturated rings. The number of fused-ring (bicyclic) bond motifs is 1. The maximum Gasteiger partial charge on any atom is 0.324 e. The zero-order chi connectivity index (χ0) is 11.6. The van der Waals surface area contributed by atoms with Crippen molar-refractivity contribution in [1.29, 1.82) is 0 Å². The Labute approximate surface area is 98.5 Å². The minimum atomic E-state index is -0.848. The molecule has 1 unspecified atom stereocenters. The van der Waals surface area contributed by atoms with E-state index in [0.717, 1.165) is 17.5 Å². The molecule has 0 spiro atoms. The highest BCUT2D eigenvalue weighted by Crippen LogP contribution is 2.47. The van der Waals surface area contributed by atoms with Gasteiger partial charge in [-0.25, -0.2) is 0 Å². The molecule has 0 amide bonds. The van der Waals surface area contributed by atoms with E-state index in [1.54, 1.807) is 0 Å². The predicted molar refractivity (Wildman–Crippen MR) is 63.6 cm³/mol. The molecular formula is C12H14O3S. The average Bonchev–Trinajstić information content (AvgIpc) is 2.67. The first-order chi connectivity index (χ1) is 7.70. The van der Waals surface area contributed by atoms with Crippen molar-refractivity contribution in [3.63, 3.8) is 0 Å². The molecule has 86 valence electrons. The number of carboxylic acid groups (broad SMARTS) is 1. The van der Waals surface area contributed by atoms with Crippen LogP contribution in [0.15, 0.2) is 24.3 Å². The van der Waals surface area contributed by atoms with Crippen molar-refractivity contribution < 1.29 is 15.0 Å². The standard InChI is InChI=1S/C12H14O3S/c13-7-8-16-12(11(14)15)6-5-9-3-1-2-4-10(9)12/h1-4,13H,5-8H2,(H,14,15). The summed E-state index contributed by atoms with van der Waals surface area (Å²) in [4.78, 5) is 11.5. The van der Waals surface area contributed by atoms with E-state index in [2.05, 4.69) is 0 Å². The molecule has 0 saturated heterocycles. The highest BCUT2D eigenvalue weighted by Gasteiger charge is 2.45. The van der Waals surface area contributed by atoms with E-state index in [4.69, 9.17) is 5.11 Å². The van der Waals surface area contributed by atoms with Gasteiger partial charge in [0.25, 0.3) is 0 Å². The molecule has 1 aliphatic carbocycles. The highest BCUT2D eigenvalue weighted by atomic mass is 32.2. The van der Waals surface area contributed by atoms with E-state index in [-0.39, 0.29) is 6.61 Å². The molecule has 0 radical (unpaired) electrons. The Bertz CT molecular complexity index is 405. The summed E-state index contributed by atoms with van der Waals surface area (Å²) in [7, 11) is 0. The van der Waals surface area contributed by atoms with Crippen LogP contribution in [-0.4, -0.2) is 28.5 Å². The summed E-state index contributed by atoms with van der Waals surface area (Å²) in [6.07, 6.45) is 1.42. The van der Waals surface area contributed by atoms with Gasteiger partial charge < -0.3 is 10.2 Å². The molecule has 0 aliphatic heterocycles. The molecule has 1 aromatic rings. The Morgan fingerprint density at radius 1 is 1.44 bits per heavy atom. The summed E-state index contributed by atoms with van der Waals surface area (Å²) in [6.45, 7) is 0.0157. The summed E-state index contributed by atoms with van der Waals surface area (Å²) in [5, 5.41) is 18.3. The number of benzene rings is 1. The van der Waals surface area contributed by atoms with E-state index in [1.165, 1.54) is 11.8 Å². The second-order valence-corrected chi connectivity index (χ2v) is 5.26. The molecule has 3 nitrogen and oxygen atoms in total. The number of aliphatic hydroxyl groups is 1. The van der Waals surface area contributed by atoms with Crippen LogP contribution in [0.25, 0.3) is 0 Å². The SMILES string of the molecule is O=C(O)C1(SCCO)CCc2ccccc21. The number of aryl methyl sites for hydroxylation is 1. The summed E-state index contributed by atoms with van der Waals surface area (Å²) >= 11 is 1.33. The maximum absolute atomic E-state index is 11.5. The van der Waals surface area contributed by atoms with Gasteiger partial charge in [0, 0.05) is 5.75 Å². The Hall–Kier alpha value is -1.00. The quantitative estimate of drug-likeness (QED) is 0.837. The van der Waals surface area contributed by atoms with E-state index in [9.17, 15) is 9.90 Å². The maximum atomic E-state index is 11.5. The fourth-order valence-electron chi connectivity index (χ4n) is 2.23. The van der Waals surface area contributed by atoms with Gasteiger partial charge in [0.05, 0.1) is 6.61 Å². The Balaban J connectivity index is 2.39. The molecule has 0 aromatic heterocycles. The predicted octanol–water partition coefficient (Wildman–Crippen LogP) is 1.64. The lowest BCUT2D eigenvalue weighted by atomic mass is 10.0. The number of thioether (sulfide) groups is 1. The van der Waals surface area contributed by atoms with Gasteiger partial charge >= 0.3 is 5.97 Å². The van der Waals surface area contributed by atoms with E-state index in [1.807, 2.05) is 24.3 Å². The van der Waals surface area contributed by atoms with Crippen molar-refractivity contribution in [2.24, 2.45) is 0 Å². The minimum Gasteiger partial charge on any atom is -0.480 e. The third kappa shape index (κ3) is 1.72. The fourth-order valence-corrected chi connectivity index (χ4v) is 3.40. The molecule has 0 saturated carbocycles. The Morgan fingerprint density at radius 2 is 2.19 bits per heavy atom. The first-order valence-electron chi connectivity index (χ1n) is 5.27. The van der Waals surface area contributed by atoms with Crippen LogP contribution in [0, 0.1) is 0 Å². The number of hydrogen-bond donors (Lipinski definition) is 2. The molecule has 4 heteroatoms. The molecule has 16 heavy (non-hydrogen) atoms.